The lowest BCUT2D eigenvalue weighted by atomic mass is 10.0. The summed E-state index contributed by atoms with van der Waals surface area (Å²) < 4.78 is 0. The summed E-state index contributed by atoms with van der Waals surface area (Å²) in [6.07, 6.45) is 12.9. The Balaban J connectivity index is -0.000000195. The Morgan fingerprint density at radius 1 is 0.444 bits per heavy atom. The smallest absolute Gasteiger partial charge is 0.323 e. The van der Waals surface area contributed by atoms with E-state index >= 15 is 0 Å². The van der Waals surface area contributed by atoms with E-state index in [0.717, 1.165) is 72.0 Å². The summed E-state index contributed by atoms with van der Waals surface area (Å²) in [4.78, 5) is 181. The summed E-state index contributed by atoms with van der Waals surface area (Å²) in [6.45, 7) is 13.2. The number of carboxylic acids is 16. The van der Waals surface area contributed by atoms with Crippen LogP contribution in [0.1, 0.15) is 148 Å². The number of thioether (sulfide) groups is 1. The number of aromatic hydroxyl groups is 1. The molecular formula is C87H154N20O36S. The molecule has 1 saturated heterocycles. The van der Waals surface area contributed by atoms with Crippen LogP contribution in [0.25, 0.3) is 10.9 Å². The van der Waals surface area contributed by atoms with Gasteiger partial charge >= 0.3 is 95.5 Å². The van der Waals surface area contributed by atoms with Crippen LogP contribution in [0.2, 0.25) is 0 Å². The summed E-state index contributed by atoms with van der Waals surface area (Å²) in [6, 6.07) is 11.9. The molecule has 54 N–H and O–H groups in total. The molecule has 0 bridgehead atoms. The van der Waals surface area contributed by atoms with Crippen LogP contribution < -0.4 is 97.1 Å². The van der Waals surface area contributed by atoms with E-state index in [9.17, 15) is 81.5 Å². The highest BCUT2D eigenvalue weighted by molar-refractivity contribution is 7.98. The van der Waals surface area contributed by atoms with Crippen molar-refractivity contribution in [1.29, 1.82) is 0 Å². The number of rotatable bonds is 43. The van der Waals surface area contributed by atoms with Crippen molar-refractivity contribution in [2.45, 2.75) is 242 Å². The predicted molar refractivity (Wildman–Crippen MR) is 528 cm³/mol. The van der Waals surface area contributed by atoms with Crippen LogP contribution in [0.3, 0.4) is 0 Å². The number of unbranched alkanes of at least 4 members (excludes halogenated alkanes) is 1. The largest absolute Gasteiger partial charge is 0.508 e. The first kappa shape index (κ1) is 149. The van der Waals surface area contributed by atoms with E-state index in [1.54, 1.807) is 43.9 Å². The van der Waals surface area contributed by atoms with Crippen LogP contribution in [0.5, 0.6) is 5.75 Å². The molecule has 0 saturated carbocycles. The van der Waals surface area contributed by atoms with Crippen molar-refractivity contribution in [2.75, 3.05) is 38.2 Å². The van der Waals surface area contributed by atoms with Gasteiger partial charge in [-0.05, 0) is 149 Å². The Bertz CT molecular complexity index is 4320. The van der Waals surface area contributed by atoms with Crippen molar-refractivity contribution >= 4 is 124 Å². The molecule has 0 unspecified atom stereocenters. The maximum Gasteiger partial charge on any atom is 0.323 e. The number of carbonyl (C=O) groups excluding carboxylic acids is 1. The minimum atomic E-state index is -1.18. The van der Waals surface area contributed by atoms with Crippen LogP contribution in [-0.2, 0) is 107 Å². The number of aliphatic hydroxyl groups excluding tert-OH is 2. The molecule has 0 aliphatic carbocycles. The lowest BCUT2D eigenvalue weighted by Gasteiger charge is -2.11. The van der Waals surface area contributed by atoms with Crippen molar-refractivity contribution in [3.8, 4) is 5.75 Å². The topological polar surface area (TPSA) is 1150 Å². The lowest BCUT2D eigenvalue weighted by Crippen LogP contribution is -2.39. The van der Waals surface area contributed by atoms with Gasteiger partial charge in [-0.2, -0.15) is 11.8 Å². The molecule has 144 heavy (non-hydrogen) atoms. The third-order valence-corrected chi connectivity index (χ3v) is 18.4. The second kappa shape index (κ2) is 89.9. The average Bonchev–Trinajstić information content (AvgIpc) is 1.69. The average molecular weight is 2090 g/mol. The Kier molecular flexibility index (Phi) is 92.7. The van der Waals surface area contributed by atoms with Gasteiger partial charge in [-0.3, -0.25) is 81.5 Å². The molecule has 1 fully saturated rings. The fraction of sp³-hybridized carbons (Fsp3) is 0.540. The first-order valence-corrected chi connectivity index (χ1v) is 45.0. The standard InChI is InChI=1S/C11H12N2O2.C9H11NO3.C9H11NO2.C6H9N3O2.C6H14N2O2.2C6H13NO2.C5H10N2O3.C5H9NO4.C5H11NO2S.C5H9NO2.C5H11NO2.C4H9NO3.C3H7NO3.C2H5NO2/c12-9(11(14)15)5-7-6-13-10-4-2-1-3-8(7)10;10-8(9(12)13)5-6-1-3-7(11)4-2-6;10-8(9(11)12)6-7-4-2-1-3-5-7;7-5(6(10)11)1-4-2-8-3-9-4;7-4-2-1-3-5(8)6(9)10;1-4(2)3-5(7)6(8)9;1-3-4(2)5(7)6(8)9;2*6-3(5(9)10)1-2-4(7)8;1-9-3-2-4(6)5(7)8;7-5(8)4-2-1-3-6-4;1-3(2)4(6)5(7)8;1-2(6)3(5)4(7)8;4-2(1-5)3(6)7;3-1-2(4)5/h1-4,6,9,13H,5,12H2,(H,14,15);1-4,8,11H,5,10H2,(H,12,13);1-5,8H,6,10H2,(H,11,12);2-3,5H,1,7H2,(H,8,9)(H,10,11);5H,1-4,7-8H2,(H,9,10);2*4-5H,3,7H2,1-2H3,(H,8,9);3H,1-2,6H2,(H2,7,8)(H,9,10);3H,1-2,6H2,(H,7,8)(H,9,10);4H,2-3,6H2,1H3,(H,7,8);4,6H,1-3H2,(H,7,8);3-4H,6H2,1-2H3,(H,7,8);2-3,6H,5H2,1H3,(H,7,8);2,5H,1,4H2,(H,6,7);1,3H2,(H,4,5)/t9-;2*8-;3*5-;4-,5-;2*3-;3*4-;2-,3+;2-;/m00000000000010./s1. The number of H-pyrrole nitrogens is 2. The molecule has 3 aromatic carbocycles. The fourth-order valence-electron chi connectivity index (χ4n) is 8.66. The highest BCUT2D eigenvalue weighted by Gasteiger charge is 2.23. The van der Waals surface area contributed by atoms with Crippen molar-refractivity contribution in [1.82, 2.24) is 20.3 Å². The number of carbonyl (C=O) groups is 17. The van der Waals surface area contributed by atoms with Crippen molar-refractivity contribution in [3.05, 3.63) is 120 Å². The van der Waals surface area contributed by atoms with Crippen molar-refractivity contribution < 1.29 is 179 Å². The van der Waals surface area contributed by atoms with Crippen molar-refractivity contribution in [3.63, 3.8) is 0 Å². The number of aliphatic hydroxyl groups is 2. The Hall–Kier alpha value is -13.2. The number of amides is 1. The number of imidazole rings is 1. The zero-order valence-corrected chi connectivity index (χ0v) is 82.3. The van der Waals surface area contributed by atoms with Gasteiger partial charge in [0.1, 0.15) is 90.3 Å². The van der Waals surface area contributed by atoms with Crippen LogP contribution in [0.15, 0.2) is 97.6 Å². The second-order valence-electron chi connectivity index (χ2n) is 31.2. The van der Waals surface area contributed by atoms with Gasteiger partial charge in [0.2, 0.25) is 5.91 Å². The summed E-state index contributed by atoms with van der Waals surface area (Å²) >= 11 is 1.60. The fourth-order valence-corrected chi connectivity index (χ4v) is 9.15. The number of nitrogens with two attached hydrogens (primary N) is 16. The number of phenols is 1. The second-order valence-corrected chi connectivity index (χ2v) is 32.2. The third-order valence-electron chi connectivity index (χ3n) is 17.7. The molecule has 1 aliphatic rings. The van der Waals surface area contributed by atoms with Crippen LogP contribution in [0, 0.1) is 17.8 Å². The van der Waals surface area contributed by atoms with Crippen LogP contribution in [-0.4, -0.2) is 342 Å². The van der Waals surface area contributed by atoms with E-state index in [4.69, 9.17) is 183 Å². The molecule has 824 valence electrons. The maximum atomic E-state index is 10.6. The number of nitrogens with zero attached hydrogens (tertiary/aromatic N) is 1. The van der Waals surface area contributed by atoms with Gasteiger partial charge in [0.05, 0.1) is 31.3 Å². The number of carboxylic acid groups (broad SMARTS) is 16. The summed E-state index contributed by atoms with van der Waals surface area (Å²) in [5, 5.41) is 161. The van der Waals surface area contributed by atoms with E-state index in [-0.39, 0.29) is 68.7 Å². The number of hydrogen-bond acceptors (Lipinski definition) is 38. The first-order valence-electron chi connectivity index (χ1n) is 43.6. The Labute approximate surface area is 834 Å². The number of para-hydroxylation sites is 1. The predicted octanol–water partition coefficient (Wildman–Crippen LogP) is -3.95. The van der Waals surface area contributed by atoms with Gasteiger partial charge in [-0.15, -0.1) is 0 Å². The van der Waals surface area contributed by atoms with Gasteiger partial charge < -0.3 is 204 Å². The highest BCUT2D eigenvalue weighted by Crippen LogP contribution is 2.19. The quantitative estimate of drug-likeness (QED) is 0.0166. The molecule has 57 heteroatoms. The molecule has 0 spiro atoms. The van der Waals surface area contributed by atoms with Gasteiger partial charge in [-0.25, -0.2) is 4.98 Å². The Morgan fingerprint density at radius 3 is 1.13 bits per heavy atom. The SMILES string of the molecule is CC(C)C[C@H](N)C(=O)O.CC(C)[C@H](N)C(=O)O.CC[C@H](C)[C@H](N)C(=O)O.CSCC[C@H](N)C(=O)O.C[C@@H](O)[C@H](N)C(=O)O.NC(=O)CC[C@H](N)C(=O)O.NCC(=O)O.NCCCC[C@H](N)C(=O)O.N[C@@H](CCC(=O)O)C(=O)O.N[C@@H](CO)C(=O)O.N[C@@H](Cc1c[nH]c2ccccc12)C(=O)O.N[C@@H](Cc1c[nH]cn1)C(=O)O.N[C@@H](Cc1ccc(O)cc1)C(=O)O.N[C@@H](Cc1ccccc1)C(=O)O.O=C(O)[C@@H]1CCCN1. The number of aliphatic carboxylic acids is 16. The van der Waals surface area contributed by atoms with E-state index in [1.165, 1.54) is 25.4 Å². The van der Waals surface area contributed by atoms with E-state index in [0.29, 0.717) is 50.3 Å². The van der Waals surface area contributed by atoms with E-state index in [1.807, 2.05) is 94.7 Å². The molecule has 56 nitrogen and oxygen atoms in total. The number of fused-ring (bicyclic) bond motifs is 1. The minimum Gasteiger partial charge on any atom is -0.508 e. The molecule has 3 heterocycles. The van der Waals surface area contributed by atoms with Crippen LogP contribution >= 0.6 is 11.8 Å². The first-order chi connectivity index (χ1) is 66.6. The van der Waals surface area contributed by atoms with Crippen LogP contribution in [0.4, 0.5) is 0 Å². The zero-order valence-electron chi connectivity index (χ0n) is 81.5. The zero-order chi connectivity index (χ0) is 114. The van der Waals surface area contributed by atoms with Gasteiger partial charge in [0, 0.05) is 49.0 Å². The Morgan fingerprint density at radius 2 is 0.840 bits per heavy atom. The molecule has 16 atom stereocenters. The number of benzene rings is 3. The van der Waals surface area contributed by atoms with Gasteiger partial charge in [-0.1, -0.05) is 115 Å². The molecule has 1 amide bonds. The molecular weight excluding hydrogens is 1930 g/mol. The number of nitrogens with one attached hydrogen (secondary N) is 3. The lowest BCUT2D eigenvalue weighted by molar-refractivity contribution is -0.141. The maximum absolute atomic E-state index is 10.6. The van der Waals surface area contributed by atoms with Gasteiger partial charge in [0.25, 0.3) is 0 Å². The van der Waals surface area contributed by atoms with E-state index < -0.39 is 193 Å². The molecule has 5 aromatic rings. The summed E-state index contributed by atoms with van der Waals surface area (Å²) in [5.74, 6) is -15.0. The van der Waals surface area contributed by atoms with Crippen molar-refractivity contribution in [2.24, 2.45) is 109 Å². The molecule has 1 aliphatic heterocycles. The number of primary amides is 1. The molecule has 6 rings (SSSR count). The number of aromatic nitrogens is 3. The van der Waals surface area contributed by atoms with Gasteiger partial charge in [0.15, 0.2) is 0 Å². The summed E-state index contributed by atoms with van der Waals surface area (Å²) in [5.41, 5.74) is 86.1. The highest BCUT2D eigenvalue weighted by atomic mass is 32.2. The van der Waals surface area contributed by atoms with E-state index in [2.05, 4.69) is 26.0 Å². The monoisotopic (exact) mass is 2090 g/mol. The normalized spacial score (nSPS) is 14.1. The molecule has 0 radical (unpaired) electrons. The number of aromatic amines is 2. The third kappa shape index (κ3) is 91.3. The summed E-state index contributed by atoms with van der Waals surface area (Å²) in [7, 11) is 0. The molecule has 2 aromatic heterocycles. The minimum absolute atomic E-state index is 0.0208. The number of hydrogen-bond donors (Lipinski definition) is 38. The number of phenolic OH excluding ortho intramolecular Hbond substituents is 1.